The summed E-state index contributed by atoms with van der Waals surface area (Å²) in [5, 5.41) is 0. The molecule has 4 heteroatoms. The van der Waals surface area contributed by atoms with Gasteiger partial charge in [-0.1, -0.05) is 18.2 Å². The molecule has 2 aromatic rings. The van der Waals surface area contributed by atoms with Gasteiger partial charge in [0.15, 0.2) is 11.6 Å². The third kappa shape index (κ3) is 2.97. The quantitative estimate of drug-likeness (QED) is 0.662. The van der Waals surface area contributed by atoms with Crippen LogP contribution in [0.15, 0.2) is 47.4 Å². The van der Waals surface area contributed by atoms with Gasteiger partial charge in [-0.25, -0.2) is 8.78 Å². The molecule has 0 atom stereocenters. The fourth-order valence-electron chi connectivity index (χ4n) is 1.39. The smallest absolute Gasteiger partial charge is 0.159 e. The molecule has 0 saturated heterocycles. The molecule has 0 heterocycles. The molecule has 1 nitrogen and oxygen atoms in total. The zero-order chi connectivity index (χ0) is 12.3. The van der Waals surface area contributed by atoms with Crippen LogP contribution in [0.1, 0.15) is 5.56 Å². The van der Waals surface area contributed by atoms with Gasteiger partial charge in [-0.05, 0) is 29.8 Å². The molecule has 0 aliphatic rings. The number of hydrogen-bond donors (Lipinski definition) is 1. The van der Waals surface area contributed by atoms with Crippen molar-refractivity contribution in [1.82, 2.24) is 0 Å². The van der Waals surface area contributed by atoms with Crippen molar-refractivity contribution < 1.29 is 8.78 Å². The van der Waals surface area contributed by atoms with Crippen LogP contribution in [0.25, 0.3) is 0 Å². The van der Waals surface area contributed by atoms with E-state index in [-0.39, 0.29) is 0 Å². The fourth-order valence-corrected chi connectivity index (χ4v) is 2.33. The maximum Gasteiger partial charge on any atom is 0.159 e. The first-order valence-corrected chi connectivity index (χ1v) is 6.06. The van der Waals surface area contributed by atoms with E-state index in [1.165, 1.54) is 17.8 Å². The lowest BCUT2D eigenvalue weighted by molar-refractivity contribution is 0.506. The average molecular weight is 251 g/mol. The maximum absolute atomic E-state index is 13.0. The molecule has 0 aliphatic heterocycles. The standard InChI is InChI=1S/C13H11F2NS/c14-11-6-5-10(7-12(11)15)17-8-9-3-1-2-4-13(9)16/h1-7H,8,16H2. The van der Waals surface area contributed by atoms with E-state index in [1.807, 2.05) is 24.3 Å². The number of anilines is 1. The van der Waals surface area contributed by atoms with Crippen LogP contribution in [0.2, 0.25) is 0 Å². The molecule has 0 spiro atoms. The Morgan fingerprint density at radius 1 is 1.00 bits per heavy atom. The number of para-hydroxylation sites is 1. The third-order valence-corrected chi connectivity index (χ3v) is 3.38. The summed E-state index contributed by atoms with van der Waals surface area (Å²) in [5.41, 5.74) is 7.49. The van der Waals surface area contributed by atoms with Crippen molar-refractivity contribution in [1.29, 1.82) is 0 Å². The molecule has 0 saturated carbocycles. The van der Waals surface area contributed by atoms with E-state index in [0.717, 1.165) is 11.6 Å². The summed E-state index contributed by atoms with van der Waals surface area (Å²) in [6.07, 6.45) is 0. The number of thioether (sulfide) groups is 1. The first-order chi connectivity index (χ1) is 8.16. The van der Waals surface area contributed by atoms with Crippen molar-refractivity contribution in [3.8, 4) is 0 Å². The van der Waals surface area contributed by atoms with E-state index in [9.17, 15) is 8.78 Å². The SMILES string of the molecule is Nc1ccccc1CSc1ccc(F)c(F)c1. The van der Waals surface area contributed by atoms with Gasteiger partial charge in [0.1, 0.15) is 0 Å². The third-order valence-electron chi connectivity index (χ3n) is 2.34. The highest BCUT2D eigenvalue weighted by Gasteiger charge is 2.04. The van der Waals surface area contributed by atoms with Crippen LogP contribution in [0.3, 0.4) is 0 Å². The van der Waals surface area contributed by atoms with Gasteiger partial charge in [-0.3, -0.25) is 0 Å². The molecule has 2 rings (SSSR count). The second-order valence-corrected chi connectivity index (χ2v) is 4.61. The van der Waals surface area contributed by atoms with Gasteiger partial charge in [-0.15, -0.1) is 11.8 Å². The molecule has 0 aliphatic carbocycles. The summed E-state index contributed by atoms with van der Waals surface area (Å²) >= 11 is 1.42. The normalized spacial score (nSPS) is 10.5. The van der Waals surface area contributed by atoms with E-state index < -0.39 is 11.6 Å². The minimum atomic E-state index is -0.825. The van der Waals surface area contributed by atoms with Crippen LogP contribution in [-0.2, 0) is 5.75 Å². The Morgan fingerprint density at radius 2 is 1.76 bits per heavy atom. The first-order valence-electron chi connectivity index (χ1n) is 5.08. The summed E-state index contributed by atoms with van der Waals surface area (Å²) in [6, 6.07) is 11.4. The number of halogens is 2. The summed E-state index contributed by atoms with van der Waals surface area (Å²) < 4.78 is 25.7. The molecule has 17 heavy (non-hydrogen) atoms. The predicted molar refractivity (Wildman–Crippen MR) is 66.8 cm³/mol. The van der Waals surface area contributed by atoms with Crippen LogP contribution in [-0.4, -0.2) is 0 Å². The van der Waals surface area contributed by atoms with Crippen LogP contribution in [0.4, 0.5) is 14.5 Å². The van der Waals surface area contributed by atoms with Crippen molar-refractivity contribution in [2.24, 2.45) is 0 Å². The Bertz CT molecular complexity index is 529. The minimum Gasteiger partial charge on any atom is -0.398 e. The van der Waals surface area contributed by atoms with Crippen LogP contribution >= 0.6 is 11.8 Å². The molecule has 0 unspecified atom stereocenters. The highest BCUT2D eigenvalue weighted by molar-refractivity contribution is 7.98. The molecule has 0 bridgehead atoms. The van der Waals surface area contributed by atoms with Crippen molar-refractivity contribution in [3.63, 3.8) is 0 Å². The van der Waals surface area contributed by atoms with Gasteiger partial charge < -0.3 is 5.73 Å². The lowest BCUT2D eigenvalue weighted by Crippen LogP contribution is -1.91. The lowest BCUT2D eigenvalue weighted by Gasteiger charge is -2.05. The van der Waals surface area contributed by atoms with E-state index in [1.54, 1.807) is 6.07 Å². The molecule has 0 fully saturated rings. The summed E-state index contributed by atoms with van der Waals surface area (Å²) in [6.45, 7) is 0. The number of nitrogens with two attached hydrogens (primary N) is 1. The number of hydrogen-bond acceptors (Lipinski definition) is 2. The Balaban J connectivity index is 2.08. The van der Waals surface area contributed by atoms with Gasteiger partial charge in [0.25, 0.3) is 0 Å². The van der Waals surface area contributed by atoms with Crippen LogP contribution in [0, 0.1) is 11.6 Å². The Labute approximate surface area is 103 Å². The highest BCUT2D eigenvalue weighted by Crippen LogP contribution is 2.26. The second kappa shape index (κ2) is 5.19. The second-order valence-electron chi connectivity index (χ2n) is 3.56. The van der Waals surface area contributed by atoms with E-state index in [0.29, 0.717) is 16.3 Å². The molecular formula is C13H11F2NS. The molecule has 0 amide bonds. The molecule has 2 N–H and O–H groups in total. The Hall–Kier alpha value is -1.55. The van der Waals surface area contributed by atoms with Crippen molar-refractivity contribution in [2.45, 2.75) is 10.6 Å². The van der Waals surface area contributed by atoms with Crippen molar-refractivity contribution in [2.75, 3.05) is 5.73 Å². The summed E-state index contributed by atoms with van der Waals surface area (Å²) in [7, 11) is 0. The van der Waals surface area contributed by atoms with E-state index in [4.69, 9.17) is 5.73 Å². The Morgan fingerprint density at radius 3 is 2.47 bits per heavy atom. The largest absolute Gasteiger partial charge is 0.398 e. The maximum atomic E-state index is 13.0. The van der Waals surface area contributed by atoms with Gasteiger partial charge in [-0.2, -0.15) is 0 Å². The fraction of sp³-hybridized carbons (Fsp3) is 0.0769. The predicted octanol–water partition coefficient (Wildman–Crippen LogP) is 3.84. The molecule has 2 aromatic carbocycles. The number of nitrogen functional groups attached to an aromatic ring is 1. The zero-order valence-electron chi connectivity index (χ0n) is 8.99. The van der Waals surface area contributed by atoms with Gasteiger partial charge in [0.2, 0.25) is 0 Å². The van der Waals surface area contributed by atoms with Gasteiger partial charge >= 0.3 is 0 Å². The molecule has 88 valence electrons. The lowest BCUT2D eigenvalue weighted by atomic mass is 10.2. The number of rotatable bonds is 3. The summed E-state index contributed by atoms with van der Waals surface area (Å²) in [5.74, 6) is -1.01. The van der Waals surface area contributed by atoms with Crippen molar-refractivity contribution >= 4 is 17.4 Å². The minimum absolute atomic E-state index is 0.637. The molecular weight excluding hydrogens is 240 g/mol. The highest BCUT2D eigenvalue weighted by atomic mass is 32.2. The average Bonchev–Trinajstić information content (AvgIpc) is 2.32. The van der Waals surface area contributed by atoms with Crippen LogP contribution < -0.4 is 5.73 Å². The van der Waals surface area contributed by atoms with E-state index >= 15 is 0 Å². The number of benzene rings is 2. The topological polar surface area (TPSA) is 26.0 Å². The zero-order valence-corrected chi connectivity index (χ0v) is 9.81. The van der Waals surface area contributed by atoms with Crippen molar-refractivity contribution in [3.05, 3.63) is 59.7 Å². The summed E-state index contributed by atoms with van der Waals surface area (Å²) in [4.78, 5) is 0.687. The van der Waals surface area contributed by atoms with Gasteiger partial charge in [0, 0.05) is 16.3 Å². The molecule has 0 aromatic heterocycles. The molecule has 0 radical (unpaired) electrons. The van der Waals surface area contributed by atoms with Gasteiger partial charge in [0.05, 0.1) is 0 Å². The Kier molecular flexibility index (Phi) is 3.64. The van der Waals surface area contributed by atoms with Crippen LogP contribution in [0.5, 0.6) is 0 Å². The monoisotopic (exact) mass is 251 g/mol. The van der Waals surface area contributed by atoms with E-state index in [2.05, 4.69) is 0 Å². The first kappa shape index (κ1) is 11.9.